The molecule has 0 N–H and O–H groups in total. The Morgan fingerprint density at radius 2 is 1.97 bits per heavy atom. The summed E-state index contributed by atoms with van der Waals surface area (Å²) in [4.78, 5) is 37.8. The molecule has 2 aromatic rings. The van der Waals surface area contributed by atoms with Gasteiger partial charge in [0.15, 0.2) is 17.2 Å². The maximum absolute atomic E-state index is 12.2. The first kappa shape index (κ1) is 20.5. The maximum atomic E-state index is 12.2. The highest BCUT2D eigenvalue weighted by Crippen LogP contribution is 2.35. The van der Waals surface area contributed by atoms with Crippen molar-refractivity contribution in [3.8, 4) is 11.5 Å². The van der Waals surface area contributed by atoms with E-state index in [1.165, 1.54) is 44.4 Å². The maximum Gasteiger partial charge on any atom is 0.363 e. The van der Waals surface area contributed by atoms with Crippen molar-refractivity contribution in [3.05, 3.63) is 66.9 Å². The number of rotatable bonds is 5. The van der Waals surface area contributed by atoms with E-state index in [0.717, 1.165) is 0 Å². The summed E-state index contributed by atoms with van der Waals surface area (Å²) in [6.07, 6.45) is 1.50. The number of hydrogen-bond donors (Lipinski definition) is 0. The molecule has 0 aliphatic carbocycles. The van der Waals surface area contributed by atoms with Crippen molar-refractivity contribution in [2.24, 2.45) is 4.99 Å². The van der Waals surface area contributed by atoms with Crippen molar-refractivity contribution in [1.82, 2.24) is 0 Å². The van der Waals surface area contributed by atoms with Gasteiger partial charge in [-0.25, -0.2) is 9.79 Å². The number of nitro groups is 1. The van der Waals surface area contributed by atoms with E-state index in [0.29, 0.717) is 20.4 Å². The van der Waals surface area contributed by atoms with Crippen LogP contribution in [-0.4, -0.2) is 29.9 Å². The van der Waals surface area contributed by atoms with Crippen molar-refractivity contribution in [1.29, 1.82) is 0 Å². The van der Waals surface area contributed by atoms with Gasteiger partial charge in [0.2, 0.25) is 5.90 Å². The molecule has 0 unspecified atom stereocenters. The first-order chi connectivity index (χ1) is 13.8. The largest absolute Gasteiger partial charge is 0.493 e. The Kier molecular flexibility index (Phi) is 5.92. The Labute approximate surface area is 178 Å². The fourth-order valence-electron chi connectivity index (χ4n) is 2.48. The Bertz CT molecular complexity index is 1070. The molecule has 3 rings (SSSR count). The summed E-state index contributed by atoms with van der Waals surface area (Å²) in [5, 5.41) is 10.7. The van der Waals surface area contributed by atoms with Gasteiger partial charge in [-0.05, 0) is 58.5 Å². The van der Waals surface area contributed by atoms with Crippen LogP contribution >= 0.6 is 22.6 Å². The zero-order valence-corrected chi connectivity index (χ0v) is 17.3. The summed E-state index contributed by atoms with van der Waals surface area (Å²) in [6, 6.07) is 8.80. The Hall–Kier alpha value is -3.28. The molecular weight excluding hydrogens is 495 g/mol. The molecule has 0 atom stereocenters. The van der Waals surface area contributed by atoms with Crippen LogP contribution in [0.2, 0.25) is 0 Å². The van der Waals surface area contributed by atoms with Gasteiger partial charge in [-0.15, -0.1) is 0 Å². The van der Waals surface area contributed by atoms with Gasteiger partial charge in [0.25, 0.3) is 5.69 Å². The predicted octanol–water partition coefficient (Wildman–Crippen LogP) is 3.48. The van der Waals surface area contributed by atoms with Gasteiger partial charge in [-0.2, -0.15) is 0 Å². The van der Waals surface area contributed by atoms with Crippen LogP contribution in [0.1, 0.15) is 18.1 Å². The second-order valence-electron chi connectivity index (χ2n) is 5.77. The molecule has 2 aromatic carbocycles. The molecule has 0 saturated carbocycles. The summed E-state index contributed by atoms with van der Waals surface area (Å²) in [5.74, 6) is -0.480. The number of methoxy groups -OCH3 is 1. The minimum atomic E-state index is -0.656. The summed E-state index contributed by atoms with van der Waals surface area (Å²) < 4.78 is 16.2. The average Bonchev–Trinajstić information content (AvgIpc) is 3.04. The van der Waals surface area contributed by atoms with E-state index in [1.54, 1.807) is 12.1 Å². The lowest BCUT2D eigenvalue weighted by Crippen LogP contribution is -2.06. The summed E-state index contributed by atoms with van der Waals surface area (Å²) in [5.41, 5.74) is 0.993. The number of nitrogens with zero attached hydrogens (tertiary/aromatic N) is 2. The van der Waals surface area contributed by atoms with Crippen LogP contribution in [0.25, 0.3) is 6.08 Å². The molecular formula is C19H13IN2O7. The highest BCUT2D eigenvalue weighted by molar-refractivity contribution is 14.1. The number of carbonyl (C=O) groups excluding carboxylic acids is 2. The number of ether oxygens (including phenoxy) is 3. The van der Waals surface area contributed by atoms with E-state index >= 15 is 0 Å². The van der Waals surface area contributed by atoms with Gasteiger partial charge in [-0.1, -0.05) is 0 Å². The summed E-state index contributed by atoms with van der Waals surface area (Å²) in [7, 11) is 1.43. The van der Waals surface area contributed by atoms with Gasteiger partial charge in [0.1, 0.15) is 0 Å². The molecule has 1 heterocycles. The summed E-state index contributed by atoms with van der Waals surface area (Å²) >= 11 is 1.99. The lowest BCUT2D eigenvalue weighted by atomic mass is 10.1. The van der Waals surface area contributed by atoms with E-state index in [-0.39, 0.29) is 23.0 Å². The highest BCUT2D eigenvalue weighted by Gasteiger charge is 2.25. The number of aliphatic imine (C=N–C) groups is 1. The number of carbonyl (C=O) groups is 2. The smallest absolute Gasteiger partial charge is 0.363 e. The lowest BCUT2D eigenvalue weighted by Gasteiger charge is -2.11. The molecule has 1 aliphatic rings. The average molecular weight is 508 g/mol. The molecule has 0 saturated heterocycles. The third-order valence-corrected chi connectivity index (χ3v) is 4.55. The number of esters is 2. The van der Waals surface area contributed by atoms with Crippen LogP contribution < -0.4 is 9.47 Å². The molecule has 29 heavy (non-hydrogen) atoms. The van der Waals surface area contributed by atoms with Crippen LogP contribution in [0, 0.1) is 13.7 Å². The quantitative estimate of drug-likeness (QED) is 0.152. The standard InChI is InChI=1S/C19H13IN2O7/c1-10(23)28-17-14(20)7-11(9-16(17)27-2)8-15-19(24)29-18(21-15)12-3-5-13(6-4-12)22(25)26/h3-9H,1-2H3/b15-8+. The van der Waals surface area contributed by atoms with Gasteiger partial charge >= 0.3 is 11.9 Å². The van der Waals surface area contributed by atoms with Crippen LogP contribution in [0.3, 0.4) is 0 Å². The van der Waals surface area contributed by atoms with Crippen molar-refractivity contribution < 1.29 is 28.7 Å². The molecule has 1 aliphatic heterocycles. The number of hydrogen-bond acceptors (Lipinski definition) is 8. The fraction of sp³-hybridized carbons (Fsp3) is 0.105. The number of halogens is 1. The lowest BCUT2D eigenvalue weighted by molar-refractivity contribution is -0.384. The molecule has 0 amide bonds. The Morgan fingerprint density at radius 3 is 2.55 bits per heavy atom. The fourth-order valence-corrected chi connectivity index (χ4v) is 3.22. The predicted molar refractivity (Wildman–Crippen MR) is 111 cm³/mol. The first-order valence-corrected chi connectivity index (χ1v) is 9.19. The van der Waals surface area contributed by atoms with Crippen LogP contribution in [0.15, 0.2) is 47.1 Å². The third kappa shape index (κ3) is 4.59. The third-order valence-electron chi connectivity index (χ3n) is 3.75. The number of benzene rings is 2. The molecule has 0 aromatic heterocycles. The molecule has 0 fully saturated rings. The van der Waals surface area contributed by atoms with E-state index in [9.17, 15) is 19.7 Å². The highest BCUT2D eigenvalue weighted by atomic mass is 127. The molecule has 0 spiro atoms. The SMILES string of the molecule is COc1cc(/C=C2/N=C(c3ccc([N+](=O)[O-])cc3)OC2=O)cc(I)c1OC(C)=O. The van der Waals surface area contributed by atoms with E-state index in [1.807, 2.05) is 22.6 Å². The first-order valence-electron chi connectivity index (χ1n) is 8.12. The van der Waals surface area contributed by atoms with Crippen molar-refractivity contribution >= 4 is 52.2 Å². The topological polar surface area (TPSA) is 117 Å². The second-order valence-corrected chi connectivity index (χ2v) is 6.93. The molecule has 0 radical (unpaired) electrons. The Balaban J connectivity index is 1.93. The molecule has 148 valence electrons. The van der Waals surface area contributed by atoms with E-state index < -0.39 is 16.9 Å². The number of cyclic esters (lactones) is 1. The minimum absolute atomic E-state index is 0.0503. The van der Waals surface area contributed by atoms with Gasteiger partial charge < -0.3 is 14.2 Å². The van der Waals surface area contributed by atoms with E-state index in [4.69, 9.17) is 14.2 Å². The normalized spacial score (nSPS) is 14.4. The van der Waals surface area contributed by atoms with Crippen molar-refractivity contribution in [3.63, 3.8) is 0 Å². The van der Waals surface area contributed by atoms with E-state index in [2.05, 4.69) is 4.99 Å². The van der Waals surface area contributed by atoms with Gasteiger partial charge in [-0.3, -0.25) is 14.9 Å². The summed E-state index contributed by atoms with van der Waals surface area (Å²) in [6.45, 7) is 1.29. The zero-order valence-electron chi connectivity index (χ0n) is 15.2. The van der Waals surface area contributed by atoms with Crippen molar-refractivity contribution in [2.75, 3.05) is 7.11 Å². The van der Waals surface area contributed by atoms with Gasteiger partial charge in [0, 0.05) is 24.6 Å². The van der Waals surface area contributed by atoms with Crippen LogP contribution in [0.5, 0.6) is 11.5 Å². The van der Waals surface area contributed by atoms with Crippen LogP contribution in [0.4, 0.5) is 5.69 Å². The number of non-ortho nitro benzene ring substituents is 1. The molecule has 0 bridgehead atoms. The second kappa shape index (κ2) is 8.39. The number of nitro benzene ring substituents is 1. The zero-order chi connectivity index (χ0) is 21.1. The Morgan fingerprint density at radius 1 is 1.28 bits per heavy atom. The van der Waals surface area contributed by atoms with Crippen LogP contribution in [-0.2, 0) is 14.3 Å². The van der Waals surface area contributed by atoms with Crippen molar-refractivity contribution in [2.45, 2.75) is 6.92 Å². The molecule has 10 heteroatoms. The van der Waals surface area contributed by atoms with Gasteiger partial charge in [0.05, 0.1) is 15.6 Å². The monoisotopic (exact) mass is 508 g/mol. The minimum Gasteiger partial charge on any atom is -0.493 e. The molecule has 9 nitrogen and oxygen atoms in total.